The van der Waals surface area contributed by atoms with Gasteiger partial charge in [0, 0.05) is 27.6 Å². The fraction of sp³-hybridized carbons (Fsp3) is 0.321. The minimum atomic E-state index is -5.08. The summed E-state index contributed by atoms with van der Waals surface area (Å²) in [6.45, 7) is 24.6. The van der Waals surface area contributed by atoms with Crippen LogP contribution in [0.4, 0.5) is 30.7 Å². The molecule has 0 fully saturated rings. The molecule has 0 bridgehead atoms. The number of rotatable bonds is 3. The van der Waals surface area contributed by atoms with Crippen molar-refractivity contribution in [3.05, 3.63) is 142 Å². The summed E-state index contributed by atoms with van der Waals surface area (Å²) in [6, 6.07) is 24.6. The quantitative estimate of drug-likeness (QED) is 0.124. The second-order valence-corrected chi connectivity index (χ2v) is 20.8. The van der Waals surface area contributed by atoms with E-state index >= 15 is 30.7 Å². The Balaban J connectivity index is 1.63. The van der Waals surface area contributed by atoms with E-state index in [2.05, 4.69) is 0 Å². The maximum Gasteiger partial charge on any atom is 0.420 e. The lowest BCUT2D eigenvalue weighted by molar-refractivity contribution is -0.137. The predicted molar refractivity (Wildman–Crippen MR) is 240 cm³/mol. The standard InChI is InChI=1S/C53H51F7N2/c1-49(2,3)29-13-17-39-33(23-29)34-24-30(50(4,5)6)14-18-40(34)61(39)43-21-28(45-47(56)37(54)27-38(55)48(45)57)22-44(46(43)53(58,59)60)62-41-19-15-31(51(7,8)9)25-35(41)36-26-32(52(10,11)12)16-20-42(36)62/h13-27H,1-12H3. The van der Waals surface area contributed by atoms with Crippen molar-refractivity contribution in [1.29, 1.82) is 0 Å². The van der Waals surface area contributed by atoms with Crippen LogP contribution in [0, 0.1) is 23.3 Å². The zero-order chi connectivity index (χ0) is 45.4. The Morgan fingerprint density at radius 3 is 0.887 bits per heavy atom. The van der Waals surface area contributed by atoms with Crippen molar-refractivity contribution in [3.8, 4) is 22.5 Å². The topological polar surface area (TPSA) is 9.86 Å². The summed E-state index contributed by atoms with van der Waals surface area (Å²) in [6.07, 6.45) is -5.08. The number of hydrogen-bond acceptors (Lipinski definition) is 0. The van der Waals surface area contributed by atoms with Crippen LogP contribution >= 0.6 is 0 Å². The summed E-state index contributed by atoms with van der Waals surface area (Å²) in [5.74, 6) is -6.80. The fourth-order valence-electron chi connectivity index (χ4n) is 8.66. The molecular formula is C53H51F7N2. The lowest BCUT2D eigenvalue weighted by atomic mass is 9.85. The third-order valence-electron chi connectivity index (χ3n) is 12.3. The fourth-order valence-corrected chi connectivity index (χ4v) is 8.66. The van der Waals surface area contributed by atoms with Gasteiger partial charge in [0.05, 0.1) is 39.0 Å². The molecule has 322 valence electrons. The van der Waals surface area contributed by atoms with Crippen molar-refractivity contribution >= 4 is 43.6 Å². The highest BCUT2D eigenvalue weighted by molar-refractivity contribution is 6.12. The average molecular weight is 849 g/mol. The highest BCUT2D eigenvalue weighted by atomic mass is 19.4. The molecule has 6 aromatic carbocycles. The molecule has 9 heteroatoms. The van der Waals surface area contributed by atoms with Crippen molar-refractivity contribution in [3.63, 3.8) is 0 Å². The number of nitrogens with zero attached hydrogens (tertiary/aromatic N) is 2. The first-order chi connectivity index (χ1) is 28.6. The van der Waals surface area contributed by atoms with Crippen LogP contribution in [0.1, 0.15) is 111 Å². The summed E-state index contributed by atoms with van der Waals surface area (Å²) in [5, 5.41) is 2.70. The summed E-state index contributed by atoms with van der Waals surface area (Å²) in [5.41, 5.74) is 0.534. The van der Waals surface area contributed by atoms with Crippen LogP contribution in [0.5, 0.6) is 0 Å². The molecule has 0 unspecified atom stereocenters. The highest BCUT2D eigenvalue weighted by Gasteiger charge is 2.40. The molecule has 0 aliphatic carbocycles. The van der Waals surface area contributed by atoms with Crippen LogP contribution < -0.4 is 0 Å². The minimum Gasteiger partial charge on any atom is -0.309 e. The first kappa shape index (κ1) is 43.1. The van der Waals surface area contributed by atoms with Gasteiger partial charge in [0.1, 0.15) is 5.56 Å². The van der Waals surface area contributed by atoms with Gasteiger partial charge in [-0.25, -0.2) is 17.6 Å². The molecule has 0 saturated heterocycles. The molecule has 2 heterocycles. The molecular weight excluding hydrogens is 798 g/mol. The molecule has 2 nitrogen and oxygen atoms in total. The van der Waals surface area contributed by atoms with E-state index in [-0.39, 0.29) is 27.7 Å². The first-order valence-corrected chi connectivity index (χ1v) is 20.8. The van der Waals surface area contributed by atoms with E-state index in [1.165, 1.54) is 9.13 Å². The lowest BCUT2D eigenvalue weighted by Gasteiger charge is -2.24. The smallest absolute Gasteiger partial charge is 0.309 e. The molecule has 0 radical (unpaired) electrons. The van der Waals surface area contributed by atoms with Gasteiger partial charge in [0.2, 0.25) is 0 Å². The van der Waals surface area contributed by atoms with Crippen LogP contribution in [0.2, 0.25) is 0 Å². The van der Waals surface area contributed by atoms with Gasteiger partial charge in [0.25, 0.3) is 0 Å². The van der Waals surface area contributed by atoms with Crippen molar-refractivity contribution in [2.24, 2.45) is 0 Å². The van der Waals surface area contributed by atoms with Crippen molar-refractivity contribution in [1.82, 2.24) is 9.13 Å². The summed E-state index contributed by atoms with van der Waals surface area (Å²) >= 11 is 0. The predicted octanol–water partition coefficient (Wildman–Crippen LogP) is 16.3. The van der Waals surface area contributed by atoms with E-state index in [0.717, 1.165) is 34.4 Å². The number of hydrogen-bond donors (Lipinski definition) is 0. The summed E-state index contributed by atoms with van der Waals surface area (Å²) < 4.78 is 115. The normalized spacial score (nSPS) is 13.4. The molecule has 8 rings (SSSR count). The Bertz CT molecular complexity index is 2790. The molecule has 62 heavy (non-hydrogen) atoms. The number of fused-ring (bicyclic) bond motifs is 6. The zero-order valence-electron chi connectivity index (χ0n) is 37.2. The van der Waals surface area contributed by atoms with Gasteiger partial charge in [-0.1, -0.05) is 107 Å². The van der Waals surface area contributed by atoms with Crippen LogP contribution in [-0.2, 0) is 27.8 Å². The Morgan fingerprint density at radius 1 is 0.371 bits per heavy atom. The van der Waals surface area contributed by atoms with E-state index in [0.29, 0.717) is 43.6 Å². The van der Waals surface area contributed by atoms with E-state index in [1.54, 1.807) is 24.3 Å². The molecule has 8 aromatic rings. The Labute approximate surface area is 358 Å². The van der Waals surface area contributed by atoms with Crippen LogP contribution in [0.3, 0.4) is 0 Å². The molecule has 0 amide bonds. The van der Waals surface area contributed by atoms with Crippen LogP contribution in [0.25, 0.3) is 66.1 Å². The Kier molecular flexibility index (Phi) is 9.71. The lowest BCUT2D eigenvalue weighted by Crippen LogP contribution is -2.17. The van der Waals surface area contributed by atoms with Gasteiger partial charge >= 0.3 is 6.18 Å². The maximum absolute atomic E-state index is 16.5. The van der Waals surface area contributed by atoms with Gasteiger partial charge in [-0.3, -0.25) is 0 Å². The van der Waals surface area contributed by atoms with Crippen molar-refractivity contribution in [2.45, 2.75) is 111 Å². The summed E-state index contributed by atoms with van der Waals surface area (Å²) in [4.78, 5) is 0. The van der Waals surface area contributed by atoms with E-state index in [9.17, 15) is 0 Å². The molecule has 0 aliphatic rings. The van der Waals surface area contributed by atoms with E-state index in [4.69, 9.17) is 0 Å². The van der Waals surface area contributed by atoms with Crippen LogP contribution in [0.15, 0.2) is 91.0 Å². The van der Waals surface area contributed by atoms with E-state index < -0.39 is 57.5 Å². The van der Waals surface area contributed by atoms with Crippen LogP contribution in [-0.4, -0.2) is 9.13 Å². The molecule has 0 spiro atoms. The Morgan fingerprint density at radius 2 is 0.645 bits per heavy atom. The van der Waals surface area contributed by atoms with Gasteiger partial charge in [-0.2, -0.15) is 13.2 Å². The number of alkyl halides is 3. The van der Waals surface area contributed by atoms with E-state index in [1.807, 2.05) is 132 Å². The molecule has 0 N–H and O–H groups in total. The summed E-state index contributed by atoms with van der Waals surface area (Å²) in [7, 11) is 0. The maximum atomic E-state index is 16.5. The zero-order valence-corrected chi connectivity index (χ0v) is 37.2. The largest absolute Gasteiger partial charge is 0.420 e. The van der Waals surface area contributed by atoms with Crippen molar-refractivity contribution in [2.75, 3.05) is 0 Å². The molecule has 2 aromatic heterocycles. The molecule has 0 atom stereocenters. The number of aromatic nitrogens is 2. The van der Waals surface area contributed by atoms with Gasteiger partial charge in [-0.15, -0.1) is 0 Å². The second-order valence-electron chi connectivity index (χ2n) is 20.8. The molecule has 0 saturated carbocycles. The van der Waals surface area contributed by atoms with Crippen molar-refractivity contribution < 1.29 is 30.7 Å². The van der Waals surface area contributed by atoms with Gasteiger partial charge in [0.15, 0.2) is 23.3 Å². The minimum absolute atomic E-state index is 0.0965. The third-order valence-corrected chi connectivity index (χ3v) is 12.3. The monoisotopic (exact) mass is 848 g/mol. The SMILES string of the molecule is CC(C)(C)c1ccc2c(c1)c1cc(C(C)(C)C)ccc1n2-c1cc(-c2c(F)c(F)cc(F)c2F)cc(-n2c3ccc(C(C)(C)C)cc3c3cc(C(C)(C)C)ccc32)c1C(F)(F)F. The highest BCUT2D eigenvalue weighted by Crippen LogP contribution is 2.48. The number of benzene rings is 6. The van der Waals surface area contributed by atoms with Gasteiger partial charge < -0.3 is 9.13 Å². The third kappa shape index (κ3) is 7.05. The second kappa shape index (κ2) is 14.0. The van der Waals surface area contributed by atoms with Gasteiger partial charge in [-0.05, 0) is 110 Å². The average Bonchev–Trinajstić information content (AvgIpc) is 3.66. The first-order valence-electron chi connectivity index (χ1n) is 20.8. The Hall–Kier alpha value is -5.57. The molecule has 0 aliphatic heterocycles. The number of halogens is 7.